The molecule has 7 nitrogen and oxygen atoms in total. The van der Waals surface area contributed by atoms with Crippen LogP contribution in [0.4, 0.5) is 15.6 Å². The van der Waals surface area contributed by atoms with Gasteiger partial charge < -0.3 is 15.4 Å². The van der Waals surface area contributed by atoms with Crippen LogP contribution < -0.4 is 20.7 Å². The second-order valence-electron chi connectivity index (χ2n) is 4.29. The van der Waals surface area contributed by atoms with Gasteiger partial charge in [0.25, 0.3) is 5.91 Å². The normalized spacial score (nSPS) is 9.95. The minimum absolute atomic E-state index is 0.229. The van der Waals surface area contributed by atoms with Gasteiger partial charge >= 0.3 is 6.03 Å². The van der Waals surface area contributed by atoms with Gasteiger partial charge in [-0.15, -0.1) is 0 Å². The summed E-state index contributed by atoms with van der Waals surface area (Å²) in [5.41, 5.74) is 1.11. The molecule has 116 valence electrons. The molecule has 22 heavy (non-hydrogen) atoms. The van der Waals surface area contributed by atoms with E-state index in [1.807, 2.05) is 6.07 Å². The average molecular weight is 320 g/mol. The second kappa shape index (κ2) is 6.90. The Balaban J connectivity index is 2.08. The van der Waals surface area contributed by atoms with Gasteiger partial charge in [0.1, 0.15) is 10.6 Å². The summed E-state index contributed by atoms with van der Waals surface area (Å²) in [6.45, 7) is 1.71. The molecule has 0 spiro atoms. The number of hydrogen-bond donors (Lipinski definition) is 3. The minimum Gasteiger partial charge on any atom is -0.495 e. The van der Waals surface area contributed by atoms with Gasteiger partial charge in [-0.1, -0.05) is 23.5 Å². The van der Waals surface area contributed by atoms with Crippen molar-refractivity contribution in [3.8, 4) is 5.75 Å². The largest absolute Gasteiger partial charge is 0.495 e. The van der Waals surface area contributed by atoms with E-state index in [4.69, 9.17) is 4.74 Å². The molecule has 0 aliphatic carbocycles. The van der Waals surface area contributed by atoms with Crippen molar-refractivity contribution in [3.05, 3.63) is 34.8 Å². The Morgan fingerprint density at radius 1 is 1.23 bits per heavy atom. The summed E-state index contributed by atoms with van der Waals surface area (Å²) in [6, 6.07) is 6.60. The van der Waals surface area contributed by atoms with Crippen LogP contribution in [0.1, 0.15) is 15.4 Å². The lowest BCUT2D eigenvalue weighted by molar-refractivity contribution is 0.0966. The maximum Gasteiger partial charge on any atom is 0.325 e. The number of carbonyl (C=O) groups is 2. The van der Waals surface area contributed by atoms with Gasteiger partial charge in [-0.3, -0.25) is 10.1 Å². The Morgan fingerprint density at radius 3 is 2.64 bits per heavy atom. The van der Waals surface area contributed by atoms with E-state index in [0.29, 0.717) is 27.1 Å². The Morgan fingerprint density at radius 2 is 1.95 bits per heavy atom. The molecule has 1 aromatic heterocycles. The molecule has 0 atom stereocenters. The number of nitrogens with zero attached hydrogens (tertiary/aromatic N) is 1. The number of aromatic nitrogens is 1. The number of methoxy groups -OCH3 is 1. The highest BCUT2D eigenvalue weighted by Gasteiger charge is 2.15. The number of para-hydroxylation sites is 2. The van der Waals surface area contributed by atoms with Crippen LogP contribution in [-0.2, 0) is 0 Å². The van der Waals surface area contributed by atoms with Crippen molar-refractivity contribution < 1.29 is 14.3 Å². The first-order valence-electron chi connectivity index (χ1n) is 6.45. The van der Waals surface area contributed by atoms with Crippen LogP contribution in [0.5, 0.6) is 5.75 Å². The van der Waals surface area contributed by atoms with E-state index >= 15 is 0 Å². The number of anilines is 2. The Kier molecular flexibility index (Phi) is 4.95. The third-order valence-corrected chi connectivity index (χ3v) is 3.88. The summed E-state index contributed by atoms with van der Waals surface area (Å²) >= 11 is 1.11. The first-order valence-corrected chi connectivity index (χ1v) is 7.27. The van der Waals surface area contributed by atoms with Crippen LogP contribution in [0.3, 0.4) is 0 Å². The number of aryl methyl sites for hydroxylation is 1. The quantitative estimate of drug-likeness (QED) is 0.807. The van der Waals surface area contributed by atoms with Crippen LogP contribution in [-0.4, -0.2) is 31.1 Å². The van der Waals surface area contributed by atoms with E-state index in [0.717, 1.165) is 11.3 Å². The van der Waals surface area contributed by atoms with Gasteiger partial charge in [-0.05, 0) is 19.1 Å². The van der Waals surface area contributed by atoms with Crippen LogP contribution in [0.25, 0.3) is 0 Å². The lowest BCUT2D eigenvalue weighted by Crippen LogP contribution is -2.19. The smallest absolute Gasteiger partial charge is 0.325 e. The van der Waals surface area contributed by atoms with Crippen molar-refractivity contribution in [1.82, 2.24) is 10.3 Å². The average Bonchev–Trinajstić information content (AvgIpc) is 2.87. The molecule has 1 heterocycles. The topological polar surface area (TPSA) is 92.4 Å². The molecule has 3 amide bonds. The Bertz CT molecular complexity index is 699. The monoisotopic (exact) mass is 320 g/mol. The maximum absolute atomic E-state index is 12.0. The lowest BCUT2D eigenvalue weighted by atomic mass is 10.3. The van der Waals surface area contributed by atoms with E-state index in [-0.39, 0.29) is 5.91 Å². The number of thiazole rings is 1. The molecule has 8 heteroatoms. The van der Waals surface area contributed by atoms with Crippen molar-refractivity contribution in [2.24, 2.45) is 0 Å². The standard InChI is InChI=1S/C14H16N4O3S/c1-8-11(12(19)15-2)22-14(16-8)18-13(20)17-9-6-4-5-7-10(9)21-3/h4-7H,1-3H3,(H,15,19)(H2,16,17,18,20). The molecule has 2 rings (SSSR count). The fourth-order valence-electron chi connectivity index (χ4n) is 1.77. The van der Waals surface area contributed by atoms with Crippen molar-refractivity contribution in [2.45, 2.75) is 6.92 Å². The van der Waals surface area contributed by atoms with E-state index < -0.39 is 6.03 Å². The molecule has 1 aromatic carbocycles. The van der Waals surface area contributed by atoms with Gasteiger partial charge in [0.2, 0.25) is 0 Å². The predicted octanol–water partition coefficient (Wildman–Crippen LogP) is 2.46. The summed E-state index contributed by atoms with van der Waals surface area (Å²) in [5, 5.41) is 8.16. The molecule has 0 aliphatic rings. The van der Waals surface area contributed by atoms with Gasteiger partial charge in [0.15, 0.2) is 5.13 Å². The third-order valence-electron chi connectivity index (χ3n) is 2.81. The van der Waals surface area contributed by atoms with Gasteiger partial charge in [-0.25, -0.2) is 9.78 Å². The molecule has 0 aliphatic heterocycles. The van der Waals surface area contributed by atoms with Crippen molar-refractivity contribution in [1.29, 1.82) is 0 Å². The summed E-state index contributed by atoms with van der Waals surface area (Å²) in [5.74, 6) is 0.326. The van der Waals surface area contributed by atoms with Crippen molar-refractivity contribution in [3.63, 3.8) is 0 Å². The summed E-state index contributed by atoms with van der Waals surface area (Å²) < 4.78 is 5.16. The zero-order chi connectivity index (χ0) is 16.1. The SMILES string of the molecule is CNC(=O)c1sc(NC(=O)Nc2ccccc2OC)nc1C. The molecular formula is C14H16N4O3S. The highest BCUT2D eigenvalue weighted by molar-refractivity contribution is 7.17. The predicted molar refractivity (Wildman–Crippen MR) is 85.9 cm³/mol. The van der Waals surface area contributed by atoms with Crippen molar-refractivity contribution >= 4 is 34.1 Å². The number of benzene rings is 1. The molecule has 0 fully saturated rings. The van der Waals surface area contributed by atoms with Gasteiger partial charge in [0, 0.05) is 7.05 Å². The first kappa shape index (κ1) is 15.8. The van der Waals surface area contributed by atoms with Gasteiger partial charge in [-0.2, -0.15) is 0 Å². The third kappa shape index (κ3) is 3.53. The molecule has 3 N–H and O–H groups in total. The number of carbonyl (C=O) groups excluding carboxylic acids is 2. The maximum atomic E-state index is 12.0. The zero-order valence-electron chi connectivity index (χ0n) is 12.4. The Labute approximate surface area is 131 Å². The number of nitrogens with one attached hydrogen (secondary N) is 3. The van der Waals surface area contributed by atoms with Crippen LogP contribution in [0.2, 0.25) is 0 Å². The highest BCUT2D eigenvalue weighted by Crippen LogP contribution is 2.25. The number of ether oxygens (including phenoxy) is 1. The molecule has 2 aromatic rings. The zero-order valence-corrected chi connectivity index (χ0v) is 13.2. The van der Waals surface area contributed by atoms with E-state index in [2.05, 4.69) is 20.9 Å². The Hall–Kier alpha value is -2.61. The summed E-state index contributed by atoms with van der Waals surface area (Å²) in [7, 11) is 3.07. The van der Waals surface area contributed by atoms with Crippen LogP contribution in [0, 0.1) is 6.92 Å². The summed E-state index contributed by atoms with van der Waals surface area (Å²) in [6.07, 6.45) is 0. The molecular weight excluding hydrogens is 304 g/mol. The first-order chi connectivity index (χ1) is 10.5. The van der Waals surface area contributed by atoms with Crippen LogP contribution in [0.15, 0.2) is 24.3 Å². The molecule has 0 saturated heterocycles. The number of rotatable bonds is 4. The molecule has 0 radical (unpaired) electrons. The minimum atomic E-state index is -0.457. The number of urea groups is 1. The molecule has 0 saturated carbocycles. The fourth-order valence-corrected chi connectivity index (χ4v) is 2.68. The van der Waals surface area contributed by atoms with Gasteiger partial charge in [0.05, 0.1) is 18.5 Å². The lowest BCUT2D eigenvalue weighted by Gasteiger charge is -2.09. The highest BCUT2D eigenvalue weighted by atomic mass is 32.1. The number of amides is 3. The van der Waals surface area contributed by atoms with E-state index in [1.54, 1.807) is 32.2 Å². The van der Waals surface area contributed by atoms with Crippen LogP contribution >= 0.6 is 11.3 Å². The molecule has 0 bridgehead atoms. The van der Waals surface area contributed by atoms with E-state index in [9.17, 15) is 9.59 Å². The number of hydrogen-bond acceptors (Lipinski definition) is 5. The fraction of sp³-hybridized carbons (Fsp3) is 0.214. The van der Waals surface area contributed by atoms with Crippen molar-refractivity contribution in [2.75, 3.05) is 24.8 Å². The molecule has 0 unspecified atom stereocenters. The van der Waals surface area contributed by atoms with E-state index in [1.165, 1.54) is 7.11 Å². The summed E-state index contributed by atoms with van der Waals surface area (Å²) in [4.78, 5) is 28.2. The second-order valence-corrected chi connectivity index (χ2v) is 5.29.